The topological polar surface area (TPSA) is 17.8 Å². The second-order valence-electron chi connectivity index (χ2n) is 5.43. The number of aromatic nitrogens is 2. The van der Waals surface area contributed by atoms with E-state index >= 15 is 0 Å². The van der Waals surface area contributed by atoms with E-state index in [1.807, 2.05) is 0 Å². The molecule has 0 bridgehead atoms. The number of hydrogen-bond acceptors (Lipinski definition) is 1. The molecular formula is C11H17FN2. The number of halogens is 1. The van der Waals surface area contributed by atoms with Gasteiger partial charge < -0.3 is 0 Å². The van der Waals surface area contributed by atoms with E-state index in [9.17, 15) is 4.39 Å². The van der Waals surface area contributed by atoms with Gasteiger partial charge in [-0.2, -0.15) is 9.49 Å². The van der Waals surface area contributed by atoms with Gasteiger partial charge in [0.15, 0.2) is 0 Å². The molecule has 0 amide bonds. The molecule has 1 heterocycles. The van der Waals surface area contributed by atoms with Crippen LogP contribution >= 0.6 is 0 Å². The fourth-order valence-corrected chi connectivity index (χ4v) is 2.08. The lowest BCUT2D eigenvalue weighted by molar-refractivity contribution is 0.333. The third kappa shape index (κ3) is 1.97. The summed E-state index contributed by atoms with van der Waals surface area (Å²) in [6.45, 7) is 6.67. The first-order valence-electron chi connectivity index (χ1n) is 5.16. The zero-order chi connectivity index (χ0) is 10.3. The highest BCUT2D eigenvalue weighted by Gasteiger charge is 2.42. The molecular weight excluding hydrogens is 179 g/mol. The highest BCUT2D eigenvalue weighted by atomic mass is 19.1. The summed E-state index contributed by atoms with van der Waals surface area (Å²) in [7, 11) is 0. The smallest absolute Gasteiger partial charge is 0.211 e. The van der Waals surface area contributed by atoms with E-state index in [-0.39, 0.29) is 5.95 Å². The Kier molecular flexibility index (Phi) is 2.13. The SMILES string of the molecule is CC(C)(C)CC1CC1n1nccc1F. The average Bonchev–Trinajstić information content (AvgIpc) is 2.60. The van der Waals surface area contributed by atoms with Crippen LogP contribution in [0.3, 0.4) is 0 Å². The third-order valence-corrected chi connectivity index (χ3v) is 2.70. The van der Waals surface area contributed by atoms with Crippen molar-refractivity contribution in [2.45, 2.75) is 39.7 Å². The van der Waals surface area contributed by atoms with Crippen molar-refractivity contribution in [3.05, 3.63) is 18.2 Å². The Hall–Kier alpha value is -0.860. The minimum atomic E-state index is -0.202. The van der Waals surface area contributed by atoms with Gasteiger partial charge >= 0.3 is 0 Å². The van der Waals surface area contributed by atoms with Crippen molar-refractivity contribution < 1.29 is 4.39 Å². The molecule has 0 N–H and O–H groups in total. The molecule has 0 spiro atoms. The normalized spacial score (nSPS) is 26.6. The molecule has 3 heteroatoms. The minimum absolute atomic E-state index is 0.202. The van der Waals surface area contributed by atoms with Crippen LogP contribution in [0.5, 0.6) is 0 Å². The van der Waals surface area contributed by atoms with Crippen molar-refractivity contribution in [1.29, 1.82) is 0 Å². The molecule has 1 aliphatic carbocycles. The highest BCUT2D eigenvalue weighted by Crippen LogP contribution is 2.49. The Morgan fingerprint density at radius 2 is 2.29 bits per heavy atom. The first-order valence-corrected chi connectivity index (χ1v) is 5.16. The Bertz CT molecular complexity index is 324. The number of rotatable bonds is 2. The van der Waals surface area contributed by atoms with Crippen molar-refractivity contribution in [1.82, 2.24) is 9.78 Å². The lowest BCUT2D eigenvalue weighted by Gasteiger charge is -2.17. The van der Waals surface area contributed by atoms with Crippen LogP contribution in [-0.2, 0) is 0 Å². The summed E-state index contributed by atoms with van der Waals surface area (Å²) in [6.07, 6.45) is 3.76. The van der Waals surface area contributed by atoms with Crippen molar-refractivity contribution in [2.24, 2.45) is 11.3 Å². The van der Waals surface area contributed by atoms with Gasteiger partial charge in [-0.3, -0.25) is 0 Å². The molecule has 0 aliphatic heterocycles. The van der Waals surface area contributed by atoms with Crippen LogP contribution < -0.4 is 0 Å². The number of nitrogens with zero attached hydrogens (tertiary/aromatic N) is 2. The van der Waals surface area contributed by atoms with Gasteiger partial charge in [0.2, 0.25) is 5.95 Å². The standard InChI is InChI=1S/C11H17FN2/c1-11(2,3)7-8-6-9(8)14-10(12)4-5-13-14/h4-5,8-9H,6-7H2,1-3H3. The summed E-state index contributed by atoms with van der Waals surface area (Å²) in [5, 5.41) is 4.00. The fraction of sp³-hybridized carbons (Fsp3) is 0.727. The van der Waals surface area contributed by atoms with Crippen molar-refractivity contribution in [3.8, 4) is 0 Å². The molecule has 2 rings (SSSR count). The molecule has 1 aromatic rings. The lowest BCUT2D eigenvalue weighted by Crippen LogP contribution is -2.08. The highest BCUT2D eigenvalue weighted by molar-refractivity contribution is 4.97. The van der Waals surface area contributed by atoms with Crippen molar-refractivity contribution in [3.63, 3.8) is 0 Å². The van der Waals surface area contributed by atoms with Crippen LogP contribution in [0.1, 0.15) is 39.7 Å². The van der Waals surface area contributed by atoms with Crippen LogP contribution in [0, 0.1) is 17.3 Å². The summed E-state index contributed by atoms with van der Waals surface area (Å²) < 4.78 is 14.7. The zero-order valence-electron chi connectivity index (χ0n) is 9.00. The summed E-state index contributed by atoms with van der Waals surface area (Å²) >= 11 is 0. The van der Waals surface area contributed by atoms with Crippen LogP contribution in [-0.4, -0.2) is 9.78 Å². The molecule has 0 aromatic carbocycles. The molecule has 0 radical (unpaired) electrons. The van der Waals surface area contributed by atoms with Gasteiger partial charge in [-0.25, -0.2) is 4.68 Å². The van der Waals surface area contributed by atoms with E-state index < -0.39 is 0 Å². The van der Waals surface area contributed by atoms with Crippen LogP contribution in [0.25, 0.3) is 0 Å². The zero-order valence-corrected chi connectivity index (χ0v) is 9.00. The molecule has 1 saturated carbocycles. The van der Waals surface area contributed by atoms with E-state index in [4.69, 9.17) is 0 Å². The number of hydrogen-bond donors (Lipinski definition) is 0. The minimum Gasteiger partial charge on any atom is -0.236 e. The lowest BCUT2D eigenvalue weighted by atomic mass is 9.89. The molecule has 2 unspecified atom stereocenters. The second kappa shape index (κ2) is 3.07. The summed E-state index contributed by atoms with van der Waals surface area (Å²) in [6, 6.07) is 1.73. The van der Waals surface area contributed by atoms with Gasteiger partial charge in [0, 0.05) is 6.07 Å². The van der Waals surface area contributed by atoms with Gasteiger partial charge in [0.1, 0.15) is 0 Å². The quantitative estimate of drug-likeness (QED) is 0.711. The predicted molar refractivity (Wildman–Crippen MR) is 53.4 cm³/mol. The molecule has 1 aliphatic rings. The summed E-state index contributed by atoms with van der Waals surface area (Å²) in [5.41, 5.74) is 0.336. The maximum Gasteiger partial charge on any atom is 0.211 e. The molecule has 1 aromatic heterocycles. The van der Waals surface area contributed by atoms with Crippen molar-refractivity contribution in [2.75, 3.05) is 0 Å². The Balaban J connectivity index is 1.97. The van der Waals surface area contributed by atoms with E-state index in [0.29, 0.717) is 17.4 Å². The maximum absolute atomic E-state index is 13.1. The molecule has 2 nitrogen and oxygen atoms in total. The Morgan fingerprint density at radius 3 is 2.79 bits per heavy atom. The maximum atomic E-state index is 13.1. The largest absolute Gasteiger partial charge is 0.236 e. The van der Waals surface area contributed by atoms with E-state index in [0.717, 1.165) is 12.8 Å². The van der Waals surface area contributed by atoms with Crippen LogP contribution in [0.4, 0.5) is 4.39 Å². The van der Waals surface area contributed by atoms with Gasteiger partial charge in [-0.05, 0) is 24.2 Å². The monoisotopic (exact) mass is 196 g/mol. The van der Waals surface area contributed by atoms with Gasteiger partial charge in [0.25, 0.3) is 0 Å². The van der Waals surface area contributed by atoms with E-state index in [1.54, 1.807) is 0 Å². The molecule has 1 fully saturated rings. The predicted octanol–water partition coefficient (Wildman–Crippen LogP) is 3.02. The summed E-state index contributed by atoms with van der Waals surface area (Å²) in [5.74, 6) is 0.413. The Labute approximate surface area is 84.1 Å². The molecule has 2 atom stereocenters. The third-order valence-electron chi connectivity index (χ3n) is 2.70. The van der Waals surface area contributed by atoms with E-state index in [1.165, 1.54) is 16.9 Å². The fourth-order valence-electron chi connectivity index (χ4n) is 2.08. The molecule has 78 valence electrons. The summed E-state index contributed by atoms with van der Waals surface area (Å²) in [4.78, 5) is 0. The van der Waals surface area contributed by atoms with E-state index in [2.05, 4.69) is 25.9 Å². The van der Waals surface area contributed by atoms with Crippen molar-refractivity contribution >= 4 is 0 Å². The second-order valence-corrected chi connectivity index (χ2v) is 5.43. The van der Waals surface area contributed by atoms with Gasteiger partial charge in [0.05, 0.1) is 12.2 Å². The Morgan fingerprint density at radius 1 is 1.57 bits per heavy atom. The molecule has 14 heavy (non-hydrogen) atoms. The first kappa shape index (κ1) is 9.69. The van der Waals surface area contributed by atoms with Crippen LogP contribution in [0.2, 0.25) is 0 Å². The first-order chi connectivity index (χ1) is 6.47. The van der Waals surface area contributed by atoms with Crippen LogP contribution in [0.15, 0.2) is 12.3 Å². The van der Waals surface area contributed by atoms with Gasteiger partial charge in [-0.15, -0.1) is 0 Å². The molecule has 0 saturated heterocycles. The average molecular weight is 196 g/mol. The van der Waals surface area contributed by atoms with Gasteiger partial charge in [-0.1, -0.05) is 20.8 Å².